The van der Waals surface area contributed by atoms with Crippen molar-refractivity contribution in [3.8, 4) is 0 Å². The zero-order chi connectivity index (χ0) is 19.6. The van der Waals surface area contributed by atoms with Gasteiger partial charge in [0, 0.05) is 24.7 Å². The number of aliphatic hydroxyl groups is 1. The number of rotatable bonds is 5. The van der Waals surface area contributed by atoms with Crippen molar-refractivity contribution in [3.63, 3.8) is 0 Å². The van der Waals surface area contributed by atoms with Crippen LogP contribution in [0.2, 0.25) is 0 Å². The number of anilines is 2. The molecular weight excluding hydrogens is 344 g/mol. The Balaban J connectivity index is 2.07. The summed E-state index contributed by atoms with van der Waals surface area (Å²) >= 11 is 0. The summed E-state index contributed by atoms with van der Waals surface area (Å²) in [6.07, 6.45) is 0.186. The van der Waals surface area contributed by atoms with Crippen molar-refractivity contribution in [2.45, 2.75) is 26.3 Å². The van der Waals surface area contributed by atoms with Crippen molar-refractivity contribution in [2.24, 2.45) is 0 Å². The maximum atomic E-state index is 12.8. The summed E-state index contributed by atoms with van der Waals surface area (Å²) in [5.41, 5.74) is 1.96. The molecule has 3 rings (SSSR count). The van der Waals surface area contributed by atoms with Crippen LogP contribution in [0.1, 0.15) is 31.9 Å². The van der Waals surface area contributed by atoms with Gasteiger partial charge < -0.3 is 10.4 Å². The van der Waals surface area contributed by atoms with E-state index < -0.39 is 17.7 Å². The number of Topliss-reactive ketones (excluding diaryl/α,β-unsaturated/α-hetero) is 1. The zero-order valence-electron chi connectivity index (χ0n) is 15.1. The van der Waals surface area contributed by atoms with E-state index in [2.05, 4.69) is 5.32 Å². The van der Waals surface area contributed by atoms with Crippen molar-refractivity contribution < 1.29 is 19.5 Å². The molecule has 6 heteroatoms. The minimum absolute atomic E-state index is 0.111. The van der Waals surface area contributed by atoms with Gasteiger partial charge in [-0.15, -0.1) is 0 Å². The third-order valence-electron chi connectivity index (χ3n) is 4.41. The van der Waals surface area contributed by atoms with E-state index in [1.807, 2.05) is 30.3 Å². The highest BCUT2D eigenvalue weighted by atomic mass is 16.3. The molecule has 138 valence electrons. The molecule has 2 amide bonds. The molecule has 2 aromatic rings. The smallest absolute Gasteiger partial charge is 0.294 e. The topological polar surface area (TPSA) is 86.7 Å². The summed E-state index contributed by atoms with van der Waals surface area (Å²) < 4.78 is 0. The summed E-state index contributed by atoms with van der Waals surface area (Å²) in [6.45, 7) is 3.11. The molecule has 0 radical (unpaired) electrons. The summed E-state index contributed by atoms with van der Waals surface area (Å²) in [4.78, 5) is 37.8. The molecule has 1 aliphatic rings. The Hall–Kier alpha value is -3.41. The number of carbonyl (C=O) groups is 3. The predicted molar refractivity (Wildman–Crippen MR) is 102 cm³/mol. The summed E-state index contributed by atoms with van der Waals surface area (Å²) in [7, 11) is 0. The fourth-order valence-corrected chi connectivity index (χ4v) is 3.21. The molecular formula is C21H20N2O4. The lowest BCUT2D eigenvalue weighted by atomic mass is 9.95. The van der Waals surface area contributed by atoms with Crippen molar-refractivity contribution >= 4 is 29.0 Å². The van der Waals surface area contributed by atoms with Crippen LogP contribution in [0.15, 0.2) is 65.9 Å². The van der Waals surface area contributed by atoms with E-state index in [1.54, 1.807) is 31.2 Å². The molecule has 1 aliphatic heterocycles. The van der Waals surface area contributed by atoms with E-state index in [4.69, 9.17) is 0 Å². The number of nitrogens with zero attached hydrogens (tertiary/aromatic N) is 1. The highest BCUT2D eigenvalue weighted by Gasteiger charge is 2.43. The molecule has 0 aliphatic carbocycles. The summed E-state index contributed by atoms with van der Waals surface area (Å²) in [5, 5.41) is 13.1. The number of ketones is 1. The Morgan fingerprint density at radius 2 is 1.70 bits per heavy atom. The molecule has 0 saturated heterocycles. The standard InChI is InChI=1S/C21H20N2O4/c1-3-17(25)18-19(14-7-5-4-6-8-14)23(21(27)20(18)26)16-11-9-15(10-12-16)22-13(2)24/h4-12,19,26H,3H2,1-2H3,(H,22,24). The number of amides is 2. The largest absolute Gasteiger partial charge is 0.503 e. The highest BCUT2D eigenvalue weighted by Crippen LogP contribution is 2.41. The van der Waals surface area contributed by atoms with E-state index in [-0.39, 0.29) is 23.7 Å². The van der Waals surface area contributed by atoms with Crippen LogP contribution in [-0.4, -0.2) is 22.7 Å². The molecule has 0 saturated carbocycles. The molecule has 6 nitrogen and oxygen atoms in total. The molecule has 0 bridgehead atoms. The molecule has 0 fully saturated rings. The Bertz CT molecular complexity index is 917. The third-order valence-corrected chi connectivity index (χ3v) is 4.41. The highest BCUT2D eigenvalue weighted by molar-refractivity contribution is 6.16. The minimum Gasteiger partial charge on any atom is -0.503 e. The van der Waals surface area contributed by atoms with E-state index in [1.165, 1.54) is 11.8 Å². The molecule has 0 aromatic heterocycles. The van der Waals surface area contributed by atoms with Gasteiger partial charge in [0.1, 0.15) is 0 Å². The predicted octanol–water partition coefficient (Wildman–Crippen LogP) is 3.52. The van der Waals surface area contributed by atoms with Gasteiger partial charge >= 0.3 is 0 Å². The Morgan fingerprint density at radius 1 is 1.07 bits per heavy atom. The van der Waals surface area contributed by atoms with Gasteiger partial charge in [0.25, 0.3) is 5.91 Å². The molecule has 1 unspecified atom stereocenters. The van der Waals surface area contributed by atoms with Crippen molar-refractivity contribution in [1.82, 2.24) is 0 Å². The van der Waals surface area contributed by atoms with Gasteiger partial charge in [0.05, 0.1) is 11.6 Å². The fourth-order valence-electron chi connectivity index (χ4n) is 3.21. The van der Waals surface area contributed by atoms with Crippen LogP contribution in [0.25, 0.3) is 0 Å². The van der Waals surface area contributed by atoms with E-state index in [0.29, 0.717) is 11.4 Å². The molecule has 27 heavy (non-hydrogen) atoms. The van der Waals surface area contributed by atoms with Crippen LogP contribution in [0.4, 0.5) is 11.4 Å². The van der Waals surface area contributed by atoms with Crippen LogP contribution in [0.5, 0.6) is 0 Å². The normalized spacial score (nSPS) is 16.6. The first-order valence-corrected chi connectivity index (χ1v) is 8.66. The summed E-state index contributed by atoms with van der Waals surface area (Å²) in [6, 6.07) is 15.1. The lowest BCUT2D eigenvalue weighted by Gasteiger charge is -2.27. The van der Waals surface area contributed by atoms with Crippen molar-refractivity contribution in [3.05, 3.63) is 71.5 Å². The quantitative estimate of drug-likeness (QED) is 0.850. The van der Waals surface area contributed by atoms with Gasteiger partial charge in [0.2, 0.25) is 5.91 Å². The van der Waals surface area contributed by atoms with Gasteiger partial charge in [-0.05, 0) is 29.8 Å². The molecule has 1 heterocycles. The number of aliphatic hydroxyl groups excluding tert-OH is 1. The second kappa shape index (κ2) is 7.45. The van der Waals surface area contributed by atoms with Crippen LogP contribution in [0, 0.1) is 0 Å². The number of nitrogens with one attached hydrogen (secondary N) is 1. The number of carbonyl (C=O) groups excluding carboxylic acids is 3. The van der Waals surface area contributed by atoms with Crippen LogP contribution >= 0.6 is 0 Å². The van der Waals surface area contributed by atoms with Gasteiger partial charge in [-0.25, -0.2) is 0 Å². The number of hydrogen-bond acceptors (Lipinski definition) is 4. The first kappa shape index (κ1) is 18.4. The minimum atomic E-state index is -0.697. The second-order valence-corrected chi connectivity index (χ2v) is 6.26. The Kier molecular flexibility index (Phi) is 5.07. The number of benzene rings is 2. The monoisotopic (exact) mass is 364 g/mol. The second-order valence-electron chi connectivity index (χ2n) is 6.26. The van der Waals surface area contributed by atoms with Crippen LogP contribution in [-0.2, 0) is 14.4 Å². The molecule has 1 atom stereocenters. The van der Waals surface area contributed by atoms with Gasteiger partial charge in [-0.1, -0.05) is 37.3 Å². The van der Waals surface area contributed by atoms with Gasteiger partial charge in [-0.3, -0.25) is 19.3 Å². The van der Waals surface area contributed by atoms with Crippen molar-refractivity contribution in [1.29, 1.82) is 0 Å². The zero-order valence-corrected chi connectivity index (χ0v) is 15.1. The SMILES string of the molecule is CCC(=O)C1=C(O)C(=O)N(c2ccc(NC(C)=O)cc2)C1c1ccccc1. The van der Waals surface area contributed by atoms with Crippen LogP contribution < -0.4 is 10.2 Å². The van der Waals surface area contributed by atoms with Gasteiger partial charge in [-0.2, -0.15) is 0 Å². The van der Waals surface area contributed by atoms with E-state index >= 15 is 0 Å². The first-order chi connectivity index (χ1) is 12.9. The lowest BCUT2D eigenvalue weighted by Crippen LogP contribution is -2.31. The fraction of sp³-hybridized carbons (Fsp3) is 0.190. The van der Waals surface area contributed by atoms with E-state index in [0.717, 1.165) is 5.56 Å². The Labute approximate surface area is 157 Å². The van der Waals surface area contributed by atoms with Crippen LogP contribution in [0.3, 0.4) is 0 Å². The third kappa shape index (κ3) is 3.46. The maximum Gasteiger partial charge on any atom is 0.294 e. The maximum absolute atomic E-state index is 12.8. The average molecular weight is 364 g/mol. The summed E-state index contributed by atoms with van der Waals surface area (Å²) in [5.74, 6) is -1.60. The molecule has 2 aromatic carbocycles. The first-order valence-electron chi connectivity index (χ1n) is 8.66. The number of hydrogen-bond donors (Lipinski definition) is 2. The molecule has 2 N–H and O–H groups in total. The Morgan fingerprint density at radius 3 is 2.26 bits per heavy atom. The van der Waals surface area contributed by atoms with Crippen molar-refractivity contribution in [2.75, 3.05) is 10.2 Å². The molecule has 0 spiro atoms. The van der Waals surface area contributed by atoms with Gasteiger partial charge in [0.15, 0.2) is 11.5 Å². The lowest BCUT2D eigenvalue weighted by molar-refractivity contribution is -0.118. The van der Waals surface area contributed by atoms with E-state index in [9.17, 15) is 19.5 Å². The average Bonchev–Trinajstić information content (AvgIpc) is 2.93.